The van der Waals surface area contributed by atoms with Crippen molar-refractivity contribution in [1.82, 2.24) is 9.78 Å². The Balaban J connectivity index is 1.76. The molecule has 10 heteroatoms. The first kappa shape index (κ1) is 21.9. The molecule has 0 aliphatic carbocycles. The number of benzene rings is 2. The van der Waals surface area contributed by atoms with E-state index >= 15 is 0 Å². The quantitative estimate of drug-likeness (QED) is 0.635. The van der Waals surface area contributed by atoms with Gasteiger partial charge in [0.15, 0.2) is 0 Å². The SMILES string of the molecule is COc1ccc(-c2ccc(=O)n(C(C)C(=O)Nc3ccc(OC(F)(F)F)cc3)n2)cc1. The topological polar surface area (TPSA) is 82.5 Å². The van der Waals surface area contributed by atoms with Crippen LogP contribution in [0.15, 0.2) is 65.5 Å². The van der Waals surface area contributed by atoms with Gasteiger partial charge in [-0.15, -0.1) is 13.2 Å². The zero-order chi connectivity index (χ0) is 22.6. The molecule has 162 valence electrons. The summed E-state index contributed by atoms with van der Waals surface area (Å²) >= 11 is 0. The predicted molar refractivity (Wildman–Crippen MR) is 107 cm³/mol. The van der Waals surface area contributed by atoms with Gasteiger partial charge in [0.05, 0.1) is 12.8 Å². The first-order valence-electron chi connectivity index (χ1n) is 9.07. The molecule has 0 bridgehead atoms. The predicted octanol–water partition coefficient (Wildman–Crippen LogP) is 4.02. The number of halogens is 3. The lowest BCUT2D eigenvalue weighted by molar-refractivity contribution is -0.274. The fourth-order valence-corrected chi connectivity index (χ4v) is 2.72. The molecule has 7 nitrogen and oxygen atoms in total. The van der Waals surface area contributed by atoms with Crippen LogP contribution in [0.2, 0.25) is 0 Å². The second-order valence-electron chi connectivity index (χ2n) is 6.47. The molecular formula is C21H18F3N3O4. The number of amides is 1. The molecule has 3 rings (SSSR count). The first-order valence-corrected chi connectivity index (χ1v) is 9.07. The van der Waals surface area contributed by atoms with Crippen LogP contribution in [0.4, 0.5) is 18.9 Å². The lowest BCUT2D eigenvalue weighted by atomic mass is 10.1. The van der Waals surface area contributed by atoms with Crippen LogP contribution >= 0.6 is 0 Å². The second kappa shape index (κ2) is 8.90. The van der Waals surface area contributed by atoms with Crippen LogP contribution in [0, 0.1) is 0 Å². The van der Waals surface area contributed by atoms with Gasteiger partial charge in [0, 0.05) is 17.3 Å². The Morgan fingerprint density at radius 3 is 2.19 bits per heavy atom. The smallest absolute Gasteiger partial charge is 0.497 e. The van der Waals surface area contributed by atoms with Crippen molar-refractivity contribution in [3.8, 4) is 22.8 Å². The minimum Gasteiger partial charge on any atom is -0.497 e. The van der Waals surface area contributed by atoms with Crippen molar-refractivity contribution in [2.24, 2.45) is 0 Å². The van der Waals surface area contributed by atoms with Crippen molar-refractivity contribution in [3.05, 3.63) is 71.0 Å². The summed E-state index contributed by atoms with van der Waals surface area (Å²) in [5.41, 5.74) is 0.970. The molecule has 0 saturated carbocycles. The van der Waals surface area contributed by atoms with Gasteiger partial charge in [0.2, 0.25) is 5.91 Å². The van der Waals surface area contributed by atoms with Crippen LogP contribution in [0.3, 0.4) is 0 Å². The highest BCUT2D eigenvalue weighted by molar-refractivity contribution is 5.93. The van der Waals surface area contributed by atoms with Gasteiger partial charge in [0.25, 0.3) is 5.56 Å². The fourth-order valence-electron chi connectivity index (χ4n) is 2.72. The molecule has 1 amide bonds. The van der Waals surface area contributed by atoms with E-state index in [4.69, 9.17) is 4.74 Å². The van der Waals surface area contributed by atoms with Crippen LogP contribution in [0.5, 0.6) is 11.5 Å². The van der Waals surface area contributed by atoms with Crippen LogP contribution < -0.4 is 20.3 Å². The molecule has 2 aromatic carbocycles. The number of hydrogen-bond acceptors (Lipinski definition) is 5. The number of ether oxygens (including phenoxy) is 2. The van der Waals surface area contributed by atoms with E-state index < -0.39 is 29.6 Å². The number of carbonyl (C=O) groups excluding carboxylic acids is 1. The molecule has 0 fully saturated rings. The van der Waals surface area contributed by atoms with Gasteiger partial charge in [-0.25, -0.2) is 4.68 Å². The van der Waals surface area contributed by atoms with Crippen LogP contribution in [-0.2, 0) is 4.79 Å². The summed E-state index contributed by atoms with van der Waals surface area (Å²) in [4.78, 5) is 24.8. The molecule has 1 atom stereocenters. The van der Waals surface area contributed by atoms with Gasteiger partial charge in [-0.3, -0.25) is 9.59 Å². The van der Waals surface area contributed by atoms with Crippen molar-refractivity contribution in [2.75, 3.05) is 12.4 Å². The molecule has 1 N–H and O–H groups in total. The van der Waals surface area contributed by atoms with E-state index in [1.165, 1.54) is 25.1 Å². The van der Waals surface area contributed by atoms with E-state index in [1.54, 1.807) is 37.4 Å². The minimum atomic E-state index is -4.80. The number of nitrogens with one attached hydrogen (secondary N) is 1. The highest BCUT2D eigenvalue weighted by Crippen LogP contribution is 2.24. The summed E-state index contributed by atoms with van der Waals surface area (Å²) in [5.74, 6) is -0.314. The standard InChI is InChI=1S/C21H18F3N3O4/c1-13(20(29)25-15-5-9-17(10-6-15)31-21(22,23)24)27-19(28)12-11-18(26-27)14-3-7-16(30-2)8-4-14/h3-13H,1-2H3,(H,25,29). The number of anilines is 1. The Morgan fingerprint density at radius 1 is 1.00 bits per heavy atom. The average molecular weight is 433 g/mol. The molecule has 0 radical (unpaired) electrons. The van der Waals surface area contributed by atoms with E-state index in [1.807, 2.05) is 0 Å². The summed E-state index contributed by atoms with van der Waals surface area (Å²) in [6, 6.07) is 13.6. The van der Waals surface area contributed by atoms with E-state index in [2.05, 4.69) is 15.2 Å². The van der Waals surface area contributed by atoms with Crippen molar-refractivity contribution >= 4 is 11.6 Å². The van der Waals surface area contributed by atoms with E-state index in [-0.39, 0.29) is 5.69 Å². The molecule has 1 heterocycles. The highest BCUT2D eigenvalue weighted by Gasteiger charge is 2.31. The largest absolute Gasteiger partial charge is 0.573 e. The van der Waals surface area contributed by atoms with Crippen molar-refractivity contribution < 1.29 is 27.4 Å². The number of nitrogens with zero attached hydrogens (tertiary/aromatic N) is 2. The fraction of sp³-hybridized carbons (Fsp3) is 0.190. The maximum Gasteiger partial charge on any atom is 0.573 e. The van der Waals surface area contributed by atoms with Gasteiger partial charge < -0.3 is 14.8 Å². The van der Waals surface area contributed by atoms with Gasteiger partial charge in [0.1, 0.15) is 17.5 Å². The van der Waals surface area contributed by atoms with Crippen molar-refractivity contribution in [1.29, 1.82) is 0 Å². The lowest BCUT2D eigenvalue weighted by Gasteiger charge is -2.15. The summed E-state index contributed by atoms with van der Waals surface area (Å²) in [6.45, 7) is 1.49. The first-order chi connectivity index (χ1) is 14.7. The third-order valence-electron chi connectivity index (χ3n) is 4.31. The number of rotatable bonds is 6. The molecule has 0 aliphatic heterocycles. The van der Waals surface area contributed by atoms with Gasteiger partial charge in [-0.1, -0.05) is 0 Å². The van der Waals surface area contributed by atoms with Crippen LogP contribution in [-0.4, -0.2) is 29.2 Å². The highest BCUT2D eigenvalue weighted by atomic mass is 19.4. The third kappa shape index (κ3) is 5.62. The Kier molecular flexibility index (Phi) is 6.28. The number of methoxy groups -OCH3 is 1. The zero-order valence-corrected chi connectivity index (χ0v) is 16.5. The van der Waals surface area contributed by atoms with Gasteiger partial charge in [-0.05, 0) is 61.5 Å². The van der Waals surface area contributed by atoms with E-state index in [9.17, 15) is 22.8 Å². The molecule has 0 aliphatic rings. The van der Waals surface area contributed by atoms with E-state index in [0.717, 1.165) is 22.4 Å². The number of hydrogen-bond donors (Lipinski definition) is 1. The molecule has 1 aromatic heterocycles. The van der Waals surface area contributed by atoms with Gasteiger partial charge in [-0.2, -0.15) is 5.10 Å². The average Bonchev–Trinajstić information content (AvgIpc) is 2.74. The van der Waals surface area contributed by atoms with E-state index in [0.29, 0.717) is 11.4 Å². The second-order valence-corrected chi connectivity index (χ2v) is 6.47. The number of alkyl halides is 3. The Labute approximate surface area is 175 Å². The minimum absolute atomic E-state index is 0.241. The van der Waals surface area contributed by atoms with Crippen LogP contribution in [0.25, 0.3) is 11.3 Å². The molecule has 31 heavy (non-hydrogen) atoms. The molecule has 0 saturated heterocycles. The lowest BCUT2D eigenvalue weighted by Crippen LogP contribution is -2.33. The molecular weight excluding hydrogens is 415 g/mol. The molecule has 1 unspecified atom stereocenters. The molecule has 3 aromatic rings. The van der Waals surface area contributed by atoms with Crippen LogP contribution in [0.1, 0.15) is 13.0 Å². The number of aromatic nitrogens is 2. The zero-order valence-electron chi connectivity index (χ0n) is 16.5. The monoisotopic (exact) mass is 433 g/mol. The molecule has 0 spiro atoms. The summed E-state index contributed by atoms with van der Waals surface area (Å²) < 4.78 is 46.7. The van der Waals surface area contributed by atoms with Crippen molar-refractivity contribution in [3.63, 3.8) is 0 Å². The summed E-state index contributed by atoms with van der Waals surface area (Å²) in [6.07, 6.45) is -4.80. The normalized spacial score (nSPS) is 12.2. The Hall–Kier alpha value is -3.82. The number of carbonyl (C=O) groups is 1. The summed E-state index contributed by atoms with van der Waals surface area (Å²) in [5, 5.41) is 6.81. The third-order valence-corrected chi connectivity index (χ3v) is 4.31. The maximum absolute atomic E-state index is 12.6. The Morgan fingerprint density at radius 2 is 1.61 bits per heavy atom. The maximum atomic E-state index is 12.6. The Bertz CT molecular complexity index is 1110. The summed E-state index contributed by atoms with van der Waals surface area (Å²) in [7, 11) is 1.55. The van der Waals surface area contributed by atoms with Crippen molar-refractivity contribution in [2.45, 2.75) is 19.3 Å². The van der Waals surface area contributed by atoms with Gasteiger partial charge >= 0.3 is 6.36 Å².